The molecule has 1 amide bonds. The Morgan fingerprint density at radius 3 is 2.41 bits per heavy atom. The molecule has 0 heterocycles. The highest BCUT2D eigenvalue weighted by Gasteiger charge is 2.61. The van der Waals surface area contributed by atoms with E-state index >= 15 is 0 Å². The number of carbonyl (C=O) groups excluding carboxylic acids is 2. The van der Waals surface area contributed by atoms with E-state index in [9.17, 15) is 22.8 Å². The number of carbonyl (C=O) groups is 2. The molecule has 10 heteroatoms. The number of halogens is 4. The van der Waals surface area contributed by atoms with E-state index in [2.05, 4.69) is 21.9 Å². The molecule has 1 N–H and O–H groups in total. The number of alkyl halides is 3. The van der Waals surface area contributed by atoms with Gasteiger partial charge in [-0.2, -0.15) is 13.2 Å². The van der Waals surface area contributed by atoms with E-state index in [0.717, 1.165) is 12.1 Å². The summed E-state index contributed by atoms with van der Waals surface area (Å²) in [4.78, 5) is 23.7. The molecule has 0 spiro atoms. The van der Waals surface area contributed by atoms with Crippen molar-refractivity contribution in [3.8, 4) is 11.8 Å². The van der Waals surface area contributed by atoms with E-state index in [1.807, 2.05) is 0 Å². The third-order valence-electron chi connectivity index (χ3n) is 3.80. The molecule has 1 unspecified atom stereocenters. The smallest absolute Gasteiger partial charge is 0.450 e. The maximum absolute atomic E-state index is 14.3. The van der Waals surface area contributed by atoms with Gasteiger partial charge in [0.05, 0.1) is 18.9 Å². The van der Waals surface area contributed by atoms with E-state index in [4.69, 9.17) is 21.1 Å². The summed E-state index contributed by atoms with van der Waals surface area (Å²) in [5, 5.41) is 2.12. The van der Waals surface area contributed by atoms with Crippen LogP contribution in [0.1, 0.15) is 32.3 Å². The molecule has 1 aliphatic carbocycles. The molecule has 1 fully saturated rings. The highest BCUT2D eigenvalue weighted by Crippen LogP contribution is 2.46. The van der Waals surface area contributed by atoms with Crippen molar-refractivity contribution in [2.45, 2.75) is 38.5 Å². The molecule has 1 aliphatic rings. The Hall–Kier alpha value is -2.60. The summed E-state index contributed by atoms with van der Waals surface area (Å²) in [6, 6.07) is 3.34. The van der Waals surface area contributed by atoms with Gasteiger partial charge < -0.3 is 14.2 Å². The van der Waals surface area contributed by atoms with E-state index in [0.29, 0.717) is 12.8 Å². The highest BCUT2D eigenvalue weighted by atomic mass is 35.5. The number of hydrogen-bond donors (Lipinski definition) is 1. The topological polar surface area (TPSA) is 73.9 Å². The third kappa shape index (κ3) is 5.70. The molecule has 0 radical (unpaired) electrons. The Kier molecular flexibility index (Phi) is 7.25. The zero-order valence-electron chi connectivity index (χ0n) is 15.7. The van der Waals surface area contributed by atoms with Crippen molar-refractivity contribution in [2.75, 3.05) is 18.5 Å². The lowest BCUT2D eigenvalue weighted by molar-refractivity contribution is -0.244. The fourth-order valence-electron chi connectivity index (χ4n) is 2.33. The standard InChI is InChI=1S/C19H19ClF3NO5/c1-3-27-16(25)24-15-8-7-13(20)11-14(15)18(19(21,22)23,10-9-12-5-6-12)29-17(26)28-4-2/h7-8,11-12H,3-6H2,1-2H3,(H,24,25). The molecule has 158 valence electrons. The first-order valence-corrected chi connectivity index (χ1v) is 9.19. The van der Waals surface area contributed by atoms with Crippen LogP contribution in [0.5, 0.6) is 0 Å². The first-order chi connectivity index (χ1) is 13.6. The average molecular weight is 434 g/mol. The van der Waals surface area contributed by atoms with Gasteiger partial charge in [-0.1, -0.05) is 17.5 Å². The normalized spacial score (nSPS) is 15.4. The summed E-state index contributed by atoms with van der Waals surface area (Å²) in [6.45, 7) is 2.75. The molecule has 1 aromatic rings. The largest absolute Gasteiger partial charge is 0.510 e. The lowest BCUT2D eigenvalue weighted by Crippen LogP contribution is -2.46. The number of rotatable bonds is 5. The number of anilines is 1. The molecule has 1 aromatic carbocycles. The van der Waals surface area contributed by atoms with Gasteiger partial charge in [-0.25, -0.2) is 9.59 Å². The first kappa shape index (κ1) is 22.7. The Balaban J connectivity index is 2.66. The quantitative estimate of drug-likeness (QED) is 0.507. The van der Waals surface area contributed by atoms with Gasteiger partial charge in [0.25, 0.3) is 5.60 Å². The molecule has 0 aliphatic heterocycles. The Labute approximate surface area is 170 Å². The first-order valence-electron chi connectivity index (χ1n) is 8.82. The van der Waals surface area contributed by atoms with Crippen LogP contribution in [-0.2, 0) is 19.8 Å². The highest BCUT2D eigenvalue weighted by molar-refractivity contribution is 6.30. The van der Waals surface area contributed by atoms with Crippen LogP contribution in [-0.4, -0.2) is 31.6 Å². The molecular formula is C19H19ClF3NO5. The van der Waals surface area contributed by atoms with Gasteiger partial charge in [0.15, 0.2) is 0 Å². The third-order valence-corrected chi connectivity index (χ3v) is 4.04. The predicted molar refractivity (Wildman–Crippen MR) is 98.4 cm³/mol. The van der Waals surface area contributed by atoms with E-state index in [1.165, 1.54) is 19.9 Å². The van der Waals surface area contributed by atoms with Crippen LogP contribution in [0, 0.1) is 17.8 Å². The zero-order chi connectivity index (χ0) is 21.7. The van der Waals surface area contributed by atoms with Gasteiger partial charge in [0, 0.05) is 16.5 Å². The molecule has 1 atom stereocenters. The summed E-state index contributed by atoms with van der Waals surface area (Å²) in [7, 11) is 0. The summed E-state index contributed by atoms with van der Waals surface area (Å²) >= 11 is 5.91. The van der Waals surface area contributed by atoms with Crippen LogP contribution in [0.2, 0.25) is 5.02 Å². The lowest BCUT2D eigenvalue weighted by Gasteiger charge is -2.32. The fourth-order valence-corrected chi connectivity index (χ4v) is 2.50. The maximum Gasteiger partial charge on any atom is 0.510 e. The van der Waals surface area contributed by atoms with Crippen molar-refractivity contribution >= 4 is 29.5 Å². The zero-order valence-corrected chi connectivity index (χ0v) is 16.4. The minimum absolute atomic E-state index is 0.0000183. The number of nitrogens with one attached hydrogen (secondary N) is 1. The molecule has 1 saturated carbocycles. The van der Waals surface area contributed by atoms with E-state index in [1.54, 1.807) is 0 Å². The maximum atomic E-state index is 14.3. The van der Waals surface area contributed by atoms with Crippen molar-refractivity contribution in [1.82, 2.24) is 0 Å². The minimum Gasteiger partial charge on any atom is -0.450 e. The van der Waals surface area contributed by atoms with Crippen molar-refractivity contribution < 1.29 is 37.0 Å². The van der Waals surface area contributed by atoms with Crippen molar-refractivity contribution in [1.29, 1.82) is 0 Å². The lowest BCUT2D eigenvalue weighted by atomic mass is 9.91. The summed E-state index contributed by atoms with van der Waals surface area (Å²) in [5.74, 6) is 4.32. The molecule has 0 saturated heterocycles. The monoisotopic (exact) mass is 433 g/mol. The molecule has 0 aromatic heterocycles. The summed E-state index contributed by atoms with van der Waals surface area (Å²) in [6.07, 6.45) is -6.43. The number of benzene rings is 1. The summed E-state index contributed by atoms with van der Waals surface area (Å²) < 4.78 is 56.9. The Bertz CT molecular complexity index is 829. The number of amides is 1. The van der Waals surface area contributed by atoms with Gasteiger partial charge in [-0.15, -0.1) is 0 Å². The second-order valence-electron chi connectivity index (χ2n) is 6.04. The number of ether oxygens (including phenoxy) is 3. The molecule has 29 heavy (non-hydrogen) atoms. The Morgan fingerprint density at radius 2 is 1.86 bits per heavy atom. The SMILES string of the molecule is CCOC(=O)Nc1ccc(Cl)cc1C(C#CC1CC1)(OC(=O)OCC)C(F)(F)F. The minimum atomic E-state index is -5.17. The fraction of sp³-hybridized carbons (Fsp3) is 0.474. The van der Waals surface area contributed by atoms with Gasteiger partial charge >= 0.3 is 18.4 Å². The van der Waals surface area contributed by atoms with Crippen LogP contribution >= 0.6 is 11.6 Å². The van der Waals surface area contributed by atoms with Gasteiger partial charge in [-0.3, -0.25) is 5.32 Å². The second kappa shape index (κ2) is 9.27. The second-order valence-corrected chi connectivity index (χ2v) is 6.48. The van der Waals surface area contributed by atoms with Crippen LogP contribution in [0.4, 0.5) is 28.4 Å². The van der Waals surface area contributed by atoms with Crippen LogP contribution < -0.4 is 5.32 Å². The van der Waals surface area contributed by atoms with Crippen molar-refractivity contribution in [3.63, 3.8) is 0 Å². The van der Waals surface area contributed by atoms with Crippen LogP contribution in [0.15, 0.2) is 18.2 Å². The van der Waals surface area contributed by atoms with Gasteiger partial charge in [0.1, 0.15) is 0 Å². The van der Waals surface area contributed by atoms with Crippen LogP contribution in [0.25, 0.3) is 0 Å². The molecule has 2 rings (SSSR count). The van der Waals surface area contributed by atoms with E-state index < -0.39 is 29.6 Å². The van der Waals surface area contributed by atoms with Crippen molar-refractivity contribution in [3.05, 3.63) is 28.8 Å². The Morgan fingerprint density at radius 1 is 1.21 bits per heavy atom. The molecular weight excluding hydrogens is 415 g/mol. The number of hydrogen-bond acceptors (Lipinski definition) is 5. The van der Waals surface area contributed by atoms with Gasteiger partial charge in [-0.05, 0) is 50.8 Å². The van der Waals surface area contributed by atoms with E-state index in [-0.39, 0.29) is 29.8 Å². The predicted octanol–water partition coefficient (Wildman–Crippen LogP) is 5.25. The molecule has 0 bridgehead atoms. The van der Waals surface area contributed by atoms with Crippen LogP contribution in [0.3, 0.4) is 0 Å². The van der Waals surface area contributed by atoms with Crippen molar-refractivity contribution in [2.24, 2.45) is 5.92 Å². The average Bonchev–Trinajstić information content (AvgIpc) is 3.44. The summed E-state index contributed by atoms with van der Waals surface area (Å²) in [5.41, 5.74) is -4.38. The van der Waals surface area contributed by atoms with Gasteiger partial charge in [0.2, 0.25) is 0 Å². The molecule has 6 nitrogen and oxygen atoms in total.